The third-order valence-corrected chi connectivity index (χ3v) is 1.85. The molecule has 4 nitrogen and oxygen atoms in total. The van der Waals surface area contributed by atoms with Gasteiger partial charge in [-0.2, -0.15) is 0 Å². The van der Waals surface area contributed by atoms with Gasteiger partial charge >= 0.3 is 0 Å². The maximum absolute atomic E-state index is 3.73. The van der Waals surface area contributed by atoms with E-state index in [4.69, 9.17) is 0 Å². The maximum atomic E-state index is 3.73. The molecule has 0 amide bonds. The predicted octanol–water partition coefficient (Wildman–Crippen LogP) is 0.728. The van der Waals surface area contributed by atoms with E-state index in [2.05, 4.69) is 26.0 Å². The van der Waals surface area contributed by atoms with Crippen molar-refractivity contribution in [2.75, 3.05) is 0 Å². The van der Waals surface area contributed by atoms with Gasteiger partial charge in [-0.15, -0.1) is 16.4 Å². The number of aromatic nitrogens is 4. The molecular formula is C5H3N4S. The van der Waals surface area contributed by atoms with Gasteiger partial charge in [-0.05, 0) is 22.6 Å². The third kappa shape index (κ3) is 0.801. The van der Waals surface area contributed by atoms with Gasteiger partial charge in [0.1, 0.15) is 0 Å². The minimum absolute atomic E-state index is 0.700. The molecule has 0 aliphatic rings. The molecule has 0 spiro atoms. The lowest BCUT2D eigenvalue weighted by molar-refractivity contribution is 0.881. The van der Waals surface area contributed by atoms with Gasteiger partial charge in [-0.3, -0.25) is 0 Å². The summed E-state index contributed by atoms with van der Waals surface area (Å²) in [6.07, 6.45) is 0. The zero-order chi connectivity index (χ0) is 6.81. The zero-order valence-electron chi connectivity index (χ0n) is 4.90. The average Bonchev–Trinajstić information content (AvgIpc) is 2.59. The average molecular weight is 151 g/mol. The number of nitrogens with zero attached hydrogens (tertiary/aromatic N) is 3. The molecule has 0 unspecified atom stereocenters. The number of hydrogen-bond donors (Lipinski definition) is 1. The molecule has 0 saturated heterocycles. The van der Waals surface area contributed by atoms with E-state index in [1.165, 1.54) is 11.3 Å². The summed E-state index contributed by atoms with van der Waals surface area (Å²) in [6, 6.07) is 3.75. The van der Waals surface area contributed by atoms with Crippen LogP contribution >= 0.6 is 11.3 Å². The molecule has 0 fully saturated rings. The second-order valence-corrected chi connectivity index (χ2v) is 2.55. The van der Waals surface area contributed by atoms with E-state index in [-0.39, 0.29) is 0 Å². The van der Waals surface area contributed by atoms with Crippen molar-refractivity contribution in [3.05, 3.63) is 17.5 Å². The molecule has 2 aromatic rings. The molecule has 5 heteroatoms. The van der Waals surface area contributed by atoms with E-state index in [9.17, 15) is 0 Å². The molecular weight excluding hydrogens is 148 g/mol. The molecule has 0 aromatic carbocycles. The Bertz CT molecular complexity index is 253. The second-order valence-electron chi connectivity index (χ2n) is 1.67. The van der Waals surface area contributed by atoms with Crippen molar-refractivity contribution in [2.24, 2.45) is 0 Å². The van der Waals surface area contributed by atoms with Crippen molar-refractivity contribution >= 4 is 11.3 Å². The minimum atomic E-state index is 0.700. The summed E-state index contributed by atoms with van der Waals surface area (Å²) < 4.78 is 0. The van der Waals surface area contributed by atoms with Crippen molar-refractivity contribution in [1.82, 2.24) is 20.6 Å². The van der Waals surface area contributed by atoms with Crippen LogP contribution in [0, 0.1) is 5.38 Å². The van der Waals surface area contributed by atoms with E-state index >= 15 is 0 Å². The van der Waals surface area contributed by atoms with E-state index in [1.54, 1.807) is 0 Å². The van der Waals surface area contributed by atoms with Crippen LogP contribution in [0.2, 0.25) is 0 Å². The van der Waals surface area contributed by atoms with Crippen LogP contribution in [-0.4, -0.2) is 20.6 Å². The van der Waals surface area contributed by atoms with Gasteiger partial charge < -0.3 is 0 Å². The van der Waals surface area contributed by atoms with Gasteiger partial charge in [0.15, 0.2) is 5.82 Å². The highest BCUT2D eigenvalue weighted by molar-refractivity contribution is 7.13. The fourth-order valence-electron chi connectivity index (χ4n) is 0.632. The molecule has 0 saturated carbocycles. The second kappa shape index (κ2) is 2.18. The molecule has 1 N–H and O–H groups in total. The van der Waals surface area contributed by atoms with Gasteiger partial charge in [0, 0.05) is 5.38 Å². The van der Waals surface area contributed by atoms with Gasteiger partial charge in [0.05, 0.1) is 4.88 Å². The summed E-state index contributed by atoms with van der Waals surface area (Å²) in [7, 11) is 0. The maximum Gasteiger partial charge on any atom is 0.189 e. The number of tetrazole rings is 1. The van der Waals surface area contributed by atoms with Crippen LogP contribution in [0.15, 0.2) is 12.1 Å². The summed E-state index contributed by atoms with van der Waals surface area (Å²) in [4.78, 5) is 1.00. The van der Waals surface area contributed by atoms with Crippen LogP contribution in [0.4, 0.5) is 0 Å². The summed E-state index contributed by atoms with van der Waals surface area (Å²) in [6.45, 7) is 0. The van der Waals surface area contributed by atoms with Crippen molar-refractivity contribution in [2.45, 2.75) is 0 Å². The van der Waals surface area contributed by atoms with Crippen molar-refractivity contribution in [3.8, 4) is 10.7 Å². The smallest absolute Gasteiger partial charge is 0.189 e. The standard InChI is InChI=1S/C5H3N4S/c1-2-4(10-3-1)5-6-8-9-7-5/h1-2H,(H,6,7,8,9). The molecule has 0 atom stereocenters. The molecule has 0 aliphatic carbocycles. The first kappa shape index (κ1) is 5.55. The van der Waals surface area contributed by atoms with Crippen LogP contribution in [0.3, 0.4) is 0 Å². The molecule has 2 aromatic heterocycles. The molecule has 1 radical (unpaired) electrons. The molecule has 49 valence electrons. The van der Waals surface area contributed by atoms with Crippen molar-refractivity contribution < 1.29 is 0 Å². The third-order valence-electron chi connectivity index (χ3n) is 1.05. The lowest BCUT2D eigenvalue weighted by atomic mass is 10.5. The SMILES string of the molecule is [c]1ccc(-c2nnn[nH]2)s1. The lowest BCUT2D eigenvalue weighted by Crippen LogP contribution is -1.73. The minimum Gasteiger partial charge on any atom is -0.238 e. The number of thiophene rings is 1. The normalized spacial score (nSPS) is 10.0. The summed E-state index contributed by atoms with van der Waals surface area (Å²) in [5.41, 5.74) is 0. The molecule has 0 aliphatic heterocycles. The first-order valence-corrected chi connectivity index (χ1v) is 3.48. The molecule has 10 heavy (non-hydrogen) atoms. The fraction of sp³-hybridized carbons (Fsp3) is 0. The number of nitrogens with one attached hydrogen (secondary N) is 1. The highest BCUT2D eigenvalue weighted by Crippen LogP contribution is 2.17. The molecule has 2 rings (SSSR count). The van der Waals surface area contributed by atoms with Crippen LogP contribution < -0.4 is 0 Å². The fourth-order valence-corrected chi connectivity index (χ4v) is 1.21. The summed E-state index contributed by atoms with van der Waals surface area (Å²) >= 11 is 1.48. The van der Waals surface area contributed by atoms with Crippen LogP contribution in [0.25, 0.3) is 10.7 Å². The predicted molar refractivity (Wildman–Crippen MR) is 36.3 cm³/mol. The van der Waals surface area contributed by atoms with Crippen LogP contribution in [0.5, 0.6) is 0 Å². The Labute approximate surface area is 60.9 Å². The van der Waals surface area contributed by atoms with Crippen molar-refractivity contribution in [1.29, 1.82) is 0 Å². The van der Waals surface area contributed by atoms with E-state index in [0.717, 1.165) is 4.88 Å². The number of hydrogen-bond acceptors (Lipinski definition) is 4. The summed E-state index contributed by atoms with van der Waals surface area (Å²) in [5.74, 6) is 0.700. The van der Waals surface area contributed by atoms with Gasteiger partial charge in [-0.25, -0.2) is 5.10 Å². The highest BCUT2D eigenvalue weighted by Gasteiger charge is 1.99. The quantitative estimate of drug-likeness (QED) is 0.653. The Hall–Kier alpha value is -1.23. The van der Waals surface area contributed by atoms with E-state index in [1.807, 2.05) is 12.1 Å². The Kier molecular flexibility index (Phi) is 1.21. The van der Waals surface area contributed by atoms with Crippen LogP contribution in [-0.2, 0) is 0 Å². The highest BCUT2D eigenvalue weighted by atomic mass is 32.1. The van der Waals surface area contributed by atoms with Crippen molar-refractivity contribution in [3.63, 3.8) is 0 Å². The Morgan fingerprint density at radius 1 is 1.60 bits per heavy atom. The number of H-pyrrole nitrogens is 1. The van der Waals surface area contributed by atoms with E-state index < -0.39 is 0 Å². The zero-order valence-corrected chi connectivity index (χ0v) is 5.72. The largest absolute Gasteiger partial charge is 0.238 e. The summed E-state index contributed by atoms with van der Waals surface area (Å²) in [5, 5.41) is 16.2. The topological polar surface area (TPSA) is 54.5 Å². The first-order valence-electron chi connectivity index (χ1n) is 2.67. The monoisotopic (exact) mass is 151 g/mol. The van der Waals surface area contributed by atoms with Gasteiger partial charge in [-0.1, -0.05) is 0 Å². The Morgan fingerprint density at radius 3 is 3.20 bits per heavy atom. The molecule has 2 heterocycles. The molecule has 0 bridgehead atoms. The Balaban J connectivity index is 2.48. The Morgan fingerprint density at radius 2 is 2.60 bits per heavy atom. The van der Waals surface area contributed by atoms with E-state index in [0.29, 0.717) is 5.82 Å². The van der Waals surface area contributed by atoms with Crippen LogP contribution in [0.1, 0.15) is 0 Å². The number of rotatable bonds is 1. The van der Waals surface area contributed by atoms with Gasteiger partial charge in [0.25, 0.3) is 0 Å². The lowest BCUT2D eigenvalue weighted by Gasteiger charge is -1.81. The number of aromatic amines is 1. The van der Waals surface area contributed by atoms with Gasteiger partial charge in [0.2, 0.25) is 0 Å². The first-order chi connectivity index (χ1) is 4.97.